The number of halogens is 2. The van der Waals surface area contributed by atoms with E-state index >= 15 is 0 Å². The van der Waals surface area contributed by atoms with E-state index in [1.807, 2.05) is 0 Å². The average molecular weight is 673 g/mol. The number of rotatable bonds is 10. The molecule has 0 aliphatic carbocycles. The summed E-state index contributed by atoms with van der Waals surface area (Å²) in [7, 11) is -3.64. The molecule has 0 spiro atoms. The molecule has 2 aromatic rings. The smallest absolute Gasteiger partial charge is 0.463 e. The van der Waals surface area contributed by atoms with E-state index in [-0.39, 0.29) is 47.6 Å². The molecule has 2 aliphatic heterocycles. The molecule has 0 radical (unpaired) electrons. The molecule has 238 valence electrons. The third-order valence-corrected chi connectivity index (χ3v) is 9.13. The van der Waals surface area contributed by atoms with Crippen LogP contribution in [0, 0.1) is 5.82 Å². The Morgan fingerprint density at radius 1 is 1.23 bits per heavy atom. The largest absolute Gasteiger partial charge is 0.511 e. The first kappa shape index (κ1) is 33.3. The highest BCUT2D eigenvalue weighted by atomic mass is 35.5. The number of nitrogens with zero attached hydrogens (tertiary/aromatic N) is 3. The highest BCUT2D eigenvalue weighted by molar-refractivity contribution is 7.91. The summed E-state index contributed by atoms with van der Waals surface area (Å²) >= 11 is 7.68. The number of carbonyl (C=O) groups excluding carboxylic acids is 3. The van der Waals surface area contributed by atoms with E-state index in [0.29, 0.717) is 10.6 Å². The number of hydrogen-bond donors (Lipinski definition) is 1. The minimum Gasteiger partial charge on any atom is -0.463 e. The van der Waals surface area contributed by atoms with Crippen molar-refractivity contribution in [2.24, 2.45) is 4.99 Å². The fourth-order valence-electron chi connectivity index (χ4n) is 4.48. The van der Waals surface area contributed by atoms with Gasteiger partial charge in [0.2, 0.25) is 6.79 Å². The van der Waals surface area contributed by atoms with Gasteiger partial charge in [-0.1, -0.05) is 17.7 Å². The maximum absolute atomic E-state index is 14.0. The topological polar surface area (TPSA) is 163 Å². The number of ether oxygens (including phenoxy) is 4. The van der Waals surface area contributed by atoms with Crippen LogP contribution in [0.1, 0.15) is 37.4 Å². The van der Waals surface area contributed by atoms with Gasteiger partial charge in [0, 0.05) is 40.9 Å². The van der Waals surface area contributed by atoms with Crippen molar-refractivity contribution in [3.8, 4) is 0 Å². The zero-order chi connectivity index (χ0) is 32.0. The van der Waals surface area contributed by atoms with Crippen LogP contribution in [0.25, 0.3) is 0 Å². The van der Waals surface area contributed by atoms with Crippen molar-refractivity contribution in [3.05, 3.63) is 62.5 Å². The number of carbonyl (C=O) groups is 3. The van der Waals surface area contributed by atoms with Crippen LogP contribution in [0.5, 0.6) is 0 Å². The molecule has 17 heteroatoms. The molecule has 1 aromatic heterocycles. The van der Waals surface area contributed by atoms with Crippen LogP contribution in [0.2, 0.25) is 5.02 Å². The van der Waals surface area contributed by atoms with Crippen LogP contribution in [-0.4, -0.2) is 92.4 Å². The minimum absolute atomic E-state index is 0.0156. The van der Waals surface area contributed by atoms with Gasteiger partial charge in [0.1, 0.15) is 17.9 Å². The molecular weight excluding hydrogens is 643 g/mol. The zero-order valence-electron chi connectivity index (χ0n) is 23.9. The first-order chi connectivity index (χ1) is 20.9. The first-order valence-electron chi connectivity index (χ1n) is 13.4. The minimum atomic E-state index is -3.64. The van der Waals surface area contributed by atoms with Crippen molar-refractivity contribution in [1.29, 1.82) is 0 Å². The van der Waals surface area contributed by atoms with Gasteiger partial charge in [-0.25, -0.2) is 27.4 Å². The summed E-state index contributed by atoms with van der Waals surface area (Å²) < 4.78 is 59.1. The summed E-state index contributed by atoms with van der Waals surface area (Å²) in [5.41, 5.74) is 0.579. The Labute approximate surface area is 261 Å². The molecule has 2 atom stereocenters. The van der Waals surface area contributed by atoms with E-state index in [4.69, 9.17) is 30.5 Å². The van der Waals surface area contributed by atoms with E-state index < -0.39 is 64.5 Å². The van der Waals surface area contributed by atoms with Crippen LogP contribution in [0.15, 0.2) is 46.0 Å². The molecule has 2 unspecified atom stereocenters. The van der Waals surface area contributed by atoms with Gasteiger partial charge in [-0.2, -0.15) is 0 Å². The highest BCUT2D eigenvalue weighted by Gasteiger charge is 2.40. The highest BCUT2D eigenvalue weighted by Crippen LogP contribution is 2.37. The molecule has 0 saturated carbocycles. The normalized spacial score (nSPS) is 20.0. The number of amidine groups is 1. The van der Waals surface area contributed by atoms with E-state index in [1.165, 1.54) is 28.4 Å². The molecule has 1 saturated heterocycles. The molecule has 1 fully saturated rings. The van der Waals surface area contributed by atoms with Crippen molar-refractivity contribution < 1.29 is 46.1 Å². The number of hydrogen-bond acceptors (Lipinski definition) is 14. The van der Waals surface area contributed by atoms with Gasteiger partial charge in [-0.05, 0) is 32.9 Å². The van der Waals surface area contributed by atoms with Crippen molar-refractivity contribution in [1.82, 2.24) is 15.2 Å². The maximum atomic E-state index is 14.0. The molecular formula is C27H30ClFN4O9S2. The number of benzene rings is 1. The van der Waals surface area contributed by atoms with E-state index in [2.05, 4.69) is 15.3 Å². The van der Waals surface area contributed by atoms with Crippen molar-refractivity contribution in [3.63, 3.8) is 0 Å². The van der Waals surface area contributed by atoms with E-state index in [1.54, 1.807) is 32.3 Å². The first-order valence-corrected chi connectivity index (χ1v) is 16.5. The summed E-state index contributed by atoms with van der Waals surface area (Å²) in [6.45, 7) is 3.82. The Hall–Kier alpha value is -3.60. The fourth-order valence-corrected chi connectivity index (χ4v) is 6.84. The summed E-state index contributed by atoms with van der Waals surface area (Å²) in [5.74, 6) is -2.87. The van der Waals surface area contributed by atoms with Gasteiger partial charge in [-0.15, -0.1) is 11.3 Å². The van der Waals surface area contributed by atoms with Gasteiger partial charge in [0.05, 0.1) is 29.8 Å². The Kier molecular flexibility index (Phi) is 10.9. The summed E-state index contributed by atoms with van der Waals surface area (Å²) in [6.07, 6.45) is 0.0408. The van der Waals surface area contributed by atoms with E-state index in [0.717, 1.165) is 6.07 Å². The lowest BCUT2D eigenvalue weighted by Gasteiger charge is -2.36. The molecule has 3 heterocycles. The van der Waals surface area contributed by atoms with Gasteiger partial charge in [0.25, 0.3) is 0 Å². The number of esters is 2. The molecule has 4 rings (SSSR count). The molecule has 0 amide bonds. The number of aromatic nitrogens is 1. The zero-order valence-corrected chi connectivity index (χ0v) is 26.3. The summed E-state index contributed by atoms with van der Waals surface area (Å²) in [5, 5.41) is 5.32. The van der Waals surface area contributed by atoms with Crippen LogP contribution < -0.4 is 5.32 Å². The summed E-state index contributed by atoms with van der Waals surface area (Å²) in [6, 6.07) is 1.32. The van der Waals surface area contributed by atoms with Crippen molar-refractivity contribution in [2.45, 2.75) is 39.0 Å². The lowest BCUT2D eigenvalue weighted by molar-refractivity contribution is -0.159. The SMILES string of the molecule is CCOC(=O)C1=C(CN2CCS(=O)(=O)CC2C(=O)OCOC(=O)OC(C)C)NC(c2nccs2)=NC1c1ccc(F)cc1Cl. The Morgan fingerprint density at radius 3 is 2.66 bits per heavy atom. The van der Waals surface area contributed by atoms with Gasteiger partial charge >= 0.3 is 18.1 Å². The Morgan fingerprint density at radius 2 is 2.00 bits per heavy atom. The van der Waals surface area contributed by atoms with E-state index in [9.17, 15) is 27.2 Å². The Bertz CT molecular complexity index is 1560. The predicted molar refractivity (Wildman–Crippen MR) is 157 cm³/mol. The average Bonchev–Trinajstić information content (AvgIpc) is 3.48. The quantitative estimate of drug-likeness (QED) is 0.223. The second-order valence-electron chi connectivity index (χ2n) is 9.86. The van der Waals surface area contributed by atoms with Crippen LogP contribution in [-0.2, 0) is 38.4 Å². The predicted octanol–water partition coefficient (Wildman–Crippen LogP) is 3.01. The van der Waals surface area contributed by atoms with Crippen LogP contribution in [0.4, 0.5) is 9.18 Å². The molecule has 1 N–H and O–H groups in total. The summed E-state index contributed by atoms with van der Waals surface area (Å²) in [4.78, 5) is 48.7. The van der Waals surface area contributed by atoms with Crippen LogP contribution in [0.3, 0.4) is 0 Å². The lowest BCUT2D eigenvalue weighted by atomic mass is 9.95. The molecule has 44 heavy (non-hydrogen) atoms. The van der Waals surface area contributed by atoms with Crippen molar-refractivity contribution >= 4 is 56.7 Å². The third kappa shape index (κ3) is 8.31. The molecule has 2 aliphatic rings. The molecule has 13 nitrogen and oxygen atoms in total. The monoisotopic (exact) mass is 672 g/mol. The second-order valence-corrected chi connectivity index (χ2v) is 13.4. The third-order valence-electron chi connectivity index (χ3n) is 6.40. The van der Waals surface area contributed by atoms with Gasteiger partial charge in [0.15, 0.2) is 20.7 Å². The van der Waals surface area contributed by atoms with Gasteiger partial charge < -0.3 is 24.3 Å². The standard InChI is InChI=1S/C27H30ClFN4O9S2/c1-4-39-26(35)21-19(31-23(24-30-7-9-43-24)32-22(21)17-6-5-16(29)11-18(17)28)12-33-8-10-44(37,38)13-20(33)25(34)40-14-41-27(36)42-15(2)3/h5-7,9,11,15,20,22H,4,8,10,12-14H2,1-3H3,(H,31,32). The van der Waals surface area contributed by atoms with Crippen molar-refractivity contribution in [2.75, 3.05) is 38.0 Å². The van der Waals surface area contributed by atoms with Crippen LogP contribution >= 0.6 is 22.9 Å². The lowest BCUT2D eigenvalue weighted by Crippen LogP contribution is -2.55. The number of nitrogens with one attached hydrogen (secondary N) is 1. The molecule has 0 bridgehead atoms. The number of thiazole rings is 1. The Balaban J connectivity index is 1.70. The molecule has 1 aromatic carbocycles. The number of aliphatic imine (C=N–C) groups is 1. The van der Waals surface area contributed by atoms with Gasteiger partial charge in [-0.3, -0.25) is 14.7 Å². The number of sulfone groups is 1. The fraction of sp³-hybridized carbons (Fsp3) is 0.444. The maximum Gasteiger partial charge on any atom is 0.511 e. The second kappa shape index (κ2) is 14.5.